The van der Waals surface area contributed by atoms with Gasteiger partial charge in [0.15, 0.2) is 0 Å². The lowest BCUT2D eigenvalue weighted by Crippen LogP contribution is -1.94. The van der Waals surface area contributed by atoms with E-state index in [1.807, 2.05) is 12.1 Å². The second-order valence-electron chi connectivity index (χ2n) is 14.2. The molecule has 0 saturated heterocycles. The molecule has 0 fully saturated rings. The Morgan fingerprint density at radius 1 is 0.245 bits per heavy atom. The molecule has 0 aliphatic rings. The van der Waals surface area contributed by atoms with E-state index in [2.05, 4.69) is 164 Å². The number of hydrogen-bond donors (Lipinski definition) is 0. The summed E-state index contributed by atoms with van der Waals surface area (Å²) in [5.74, 6) is -0.235. The fraction of sp³-hybridized carbons (Fsp3) is 0. The van der Waals surface area contributed by atoms with E-state index in [0.29, 0.717) is 0 Å². The minimum absolute atomic E-state index is 0.235. The molecule has 11 aromatic carbocycles. The first-order valence-corrected chi connectivity index (χ1v) is 18.2. The molecule has 0 radical (unpaired) electrons. The Morgan fingerprint density at radius 2 is 0.547 bits per heavy atom. The van der Waals surface area contributed by atoms with Gasteiger partial charge in [-0.25, -0.2) is 4.39 Å². The second-order valence-corrected chi connectivity index (χ2v) is 14.2. The summed E-state index contributed by atoms with van der Waals surface area (Å²) >= 11 is 0. The minimum Gasteiger partial charge on any atom is -0.207 e. The highest BCUT2D eigenvalue weighted by molar-refractivity contribution is 6.32. The molecule has 246 valence electrons. The first-order chi connectivity index (χ1) is 26.2. The second kappa shape index (κ2) is 11.6. The SMILES string of the molecule is Fc1ccc(-c2cc(-c3ccc4ccccc4c3)c3ccc4c(-c5ccc6ccccc6c5)cc(-c5ccc6ccccc6c5)c5ccc2c3c54)cc1. The maximum absolute atomic E-state index is 14.3. The van der Waals surface area contributed by atoms with Gasteiger partial charge in [0.05, 0.1) is 0 Å². The Bertz CT molecular complexity index is 3130. The van der Waals surface area contributed by atoms with Crippen molar-refractivity contribution >= 4 is 64.6 Å². The molecular formula is C52H31F. The van der Waals surface area contributed by atoms with Gasteiger partial charge in [0, 0.05) is 0 Å². The summed E-state index contributed by atoms with van der Waals surface area (Å²) in [7, 11) is 0. The lowest BCUT2D eigenvalue weighted by atomic mass is 9.81. The molecular weight excluding hydrogens is 644 g/mol. The average Bonchev–Trinajstić information content (AvgIpc) is 3.22. The summed E-state index contributed by atoms with van der Waals surface area (Å²) in [5, 5.41) is 14.6. The molecule has 0 heterocycles. The summed E-state index contributed by atoms with van der Waals surface area (Å²) in [6, 6.07) is 67.1. The van der Waals surface area contributed by atoms with Crippen LogP contribution in [0.4, 0.5) is 4.39 Å². The molecule has 0 aliphatic heterocycles. The molecule has 0 aromatic heterocycles. The lowest BCUT2D eigenvalue weighted by Gasteiger charge is -2.22. The number of halogens is 1. The Kier molecular flexibility index (Phi) is 6.53. The maximum atomic E-state index is 14.3. The first kappa shape index (κ1) is 29.9. The quantitative estimate of drug-likeness (QED) is 0.163. The van der Waals surface area contributed by atoms with Crippen molar-refractivity contribution in [3.8, 4) is 44.5 Å². The van der Waals surface area contributed by atoms with E-state index in [0.717, 1.165) is 22.1 Å². The maximum Gasteiger partial charge on any atom is 0.123 e. The predicted molar refractivity (Wildman–Crippen MR) is 224 cm³/mol. The first-order valence-electron chi connectivity index (χ1n) is 18.2. The molecule has 0 saturated carbocycles. The third-order valence-electron chi connectivity index (χ3n) is 11.2. The number of benzene rings is 11. The zero-order chi connectivity index (χ0) is 35.0. The van der Waals surface area contributed by atoms with Gasteiger partial charge in [-0.15, -0.1) is 0 Å². The lowest BCUT2D eigenvalue weighted by molar-refractivity contribution is 0.628. The molecule has 11 rings (SSSR count). The number of rotatable bonds is 4. The zero-order valence-corrected chi connectivity index (χ0v) is 28.8. The van der Waals surface area contributed by atoms with Crippen LogP contribution in [0.5, 0.6) is 0 Å². The third kappa shape index (κ3) is 4.75. The van der Waals surface area contributed by atoms with Gasteiger partial charge in [-0.2, -0.15) is 0 Å². The minimum atomic E-state index is -0.235. The van der Waals surface area contributed by atoms with Gasteiger partial charge in [-0.1, -0.05) is 146 Å². The van der Waals surface area contributed by atoms with Crippen LogP contribution in [0, 0.1) is 5.82 Å². The highest BCUT2D eigenvalue weighted by Crippen LogP contribution is 2.49. The van der Waals surface area contributed by atoms with Crippen molar-refractivity contribution in [2.24, 2.45) is 0 Å². The molecule has 0 N–H and O–H groups in total. The van der Waals surface area contributed by atoms with Crippen molar-refractivity contribution in [2.45, 2.75) is 0 Å². The topological polar surface area (TPSA) is 0 Å². The molecule has 0 aliphatic carbocycles. The van der Waals surface area contributed by atoms with E-state index >= 15 is 0 Å². The Labute approximate surface area is 306 Å². The van der Waals surface area contributed by atoms with Gasteiger partial charge < -0.3 is 0 Å². The smallest absolute Gasteiger partial charge is 0.123 e. The van der Waals surface area contributed by atoms with Crippen LogP contribution in [0.25, 0.3) is 109 Å². The van der Waals surface area contributed by atoms with Gasteiger partial charge in [-0.3, -0.25) is 0 Å². The van der Waals surface area contributed by atoms with Crippen LogP contribution in [-0.2, 0) is 0 Å². The summed E-state index contributed by atoms with van der Waals surface area (Å²) in [5.41, 5.74) is 9.22. The van der Waals surface area contributed by atoms with Crippen molar-refractivity contribution in [1.82, 2.24) is 0 Å². The summed E-state index contributed by atoms with van der Waals surface area (Å²) in [4.78, 5) is 0. The van der Waals surface area contributed by atoms with Crippen molar-refractivity contribution in [3.05, 3.63) is 194 Å². The van der Waals surface area contributed by atoms with Gasteiger partial charge >= 0.3 is 0 Å². The number of hydrogen-bond acceptors (Lipinski definition) is 0. The van der Waals surface area contributed by atoms with Crippen LogP contribution in [0.3, 0.4) is 0 Å². The van der Waals surface area contributed by atoms with Gasteiger partial charge in [-0.05, 0) is 152 Å². The fourth-order valence-corrected chi connectivity index (χ4v) is 8.65. The fourth-order valence-electron chi connectivity index (χ4n) is 8.65. The van der Waals surface area contributed by atoms with E-state index in [1.165, 1.54) is 87.1 Å². The molecule has 0 bridgehead atoms. The number of fused-ring (bicyclic) bond motifs is 3. The molecule has 0 nitrogen and oxygen atoms in total. The van der Waals surface area contributed by atoms with E-state index in [-0.39, 0.29) is 5.82 Å². The highest BCUT2D eigenvalue weighted by atomic mass is 19.1. The van der Waals surface area contributed by atoms with Crippen LogP contribution in [-0.4, -0.2) is 0 Å². The monoisotopic (exact) mass is 674 g/mol. The largest absolute Gasteiger partial charge is 0.207 e. The van der Waals surface area contributed by atoms with Crippen molar-refractivity contribution in [2.75, 3.05) is 0 Å². The van der Waals surface area contributed by atoms with Gasteiger partial charge in [0.1, 0.15) is 5.82 Å². The van der Waals surface area contributed by atoms with Crippen molar-refractivity contribution in [3.63, 3.8) is 0 Å². The average molecular weight is 675 g/mol. The van der Waals surface area contributed by atoms with Crippen molar-refractivity contribution in [1.29, 1.82) is 0 Å². The standard InChI is InChI=1S/C52H31F/c53-42-21-19-35(20-22-42)47-30-48(39-16-13-32-7-1-4-10-36(32)27-39)44-25-26-46-50(41-18-15-34-9-3-6-12-38(34)29-41)31-49(45-24-23-43(47)51(44)52(45)46)40-17-14-33-8-2-5-11-37(33)28-40/h1-31H. The zero-order valence-electron chi connectivity index (χ0n) is 28.8. The Hall–Kier alpha value is -6.83. The third-order valence-corrected chi connectivity index (χ3v) is 11.2. The van der Waals surface area contributed by atoms with Crippen molar-refractivity contribution < 1.29 is 4.39 Å². The summed E-state index contributed by atoms with van der Waals surface area (Å²) in [6.45, 7) is 0. The molecule has 0 atom stereocenters. The van der Waals surface area contributed by atoms with E-state index in [9.17, 15) is 4.39 Å². The van der Waals surface area contributed by atoms with Gasteiger partial charge in [0.2, 0.25) is 0 Å². The van der Waals surface area contributed by atoms with Gasteiger partial charge in [0.25, 0.3) is 0 Å². The summed E-state index contributed by atoms with van der Waals surface area (Å²) < 4.78 is 14.3. The van der Waals surface area contributed by atoms with E-state index < -0.39 is 0 Å². The molecule has 0 spiro atoms. The van der Waals surface area contributed by atoms with Crippen LogP contribution < -0.4 is 0 Å². The normalized spacial score (nSPS) is 11.9. The van der Waals surface area contributed by atoms with E-state index in [1.54, 1.807) is 12.1 Å². The van der Waals surface area contributed by atoms with Crippen LogP contribution in [0.15, 0.2) is 188 Å². The Balaban J connectivity index is 1.30. The molecule has 1 heteroatoms. The van der Waals surface area contributed by atoms with Crippen LogP contribution >= 0.6 is 0 Å². The molecule has 0 amide bonds. The highest BCUT2D eigenvalue weighted by Gasteiger charge is 2.21. The van der Waals surface area contributed by atoms with E-state index in [4.69, 9.17) is 0 Å². The molecule has 53 heavy (non-hydrogen) atoms. The molecule has 11 aromatic rings. The predicted octanol–water partition coefficient (Wildman–Crippen LogP) is 14.9. The molecule has 0 unspecified atom stereocenters. The van der Waals surface area contributed by atoms with Crippen LogP contribution in [0.1, 0.15) is 0 Å². The van der Waals surface area contributed by atoms with Crippen LogP contribution in [0.2, 0.25) is 0 Å². The Morgan fingerprint density at radius 3 is 0.906 bits per heavy atom. The summed E-state index contributed by atoms with van der Waals surface area (Å²) in [6.07, 6.45) is 0.